The van der Waals surface area contributed by atoms with E-state index in [1.54, 1.807) is 12.1 Å². The predicted molar refractivity (Wildman–Crippen MR) is 101 cm³/mol. The highest BCUT2D eigenvalue weighted by atomic mass is 16.3. The van der Waals surface area contributed by atoms with Gasteiger partial charge in [-0.3, -0.25) is 4.79 Å². The van der Waals surface area contributed by atoms with Crippen LogP contribution in [0.5, 0.6) is 0 Å². The summed E-state index contributed by atoms with van der Waals surface area (Å²) in [5, 5.41) is 9.37. The second kappa shape index (κ2) is 10.2. The second-order valence-corrected chi connectivity index (χ2v) is 5.61. The van der Waals surface area contributed by atoms with Crippen molar-refractivity contribution in [1.29, 1.82) is 0 Å². The van der Waals surface area contributed by atoms with E-state index in [1.807, 2.05) is 31.2 Å². The van der Waals surface area contributed by atoms with Gasteiger partial charge in [0.2, 0.25) is 0 Å². The maximum atomic E-state index is 12.0. The van der Waals surface area contributed by atoms with Gasteiger partial charge in [-0.15, -0.1) is 0 Å². The van der Waals surface area contributed by atoms with Crippen LogP contribution in [0.3, 0.4) is 0 Å². The van der Waals surface area contributed by atoms with Gasteiger partial charge in [0.25, 0.3) is 5.91 Å². The van der Waals surface area contributed by atoms with Crippen LogP contribution < -0.4 is 16.0 Å². The van der Waals surface area contributed by atoms with Crippen molar-refractivity contribution >= 4 is 17.6 Å². The Bertz CT molecular complexity index is 680. The Morgan fingerprint density at radius 3 is 2.76 bits per heavy atom. The number of nitrogens with one attached hydrogen (secondary N) is 3. The van der Waals surface area contributed by atoms with E-state index in [2.05, 4.69) is 27.9 Å². The van der Waals surface area contributed by atoms with Gasteiger partial charge in [0, 0.05) is 18.8 Å². The average Bonchev–Trinajstić information content (AvgIpc) is 3.15. The van der Waals surface area contributed by atoms with E-state index in [1.165, 1.54) is 6.26 Å². The summed E-state index contributed by atoms with van der Waals surface area (Å²) < 4.78 is 5.10. The molecule has 0 saturated carbocycles. The number of hydrogen-bond acceptors (Lipinski definition) is 3. The standard InChI is InChI=1S/C19H26N4O2/c1-3-5-11-21-19(20-4-2)22-14-15-8-6-9-16(13-15)23-18(24)17-10-7-12-25-17/h6-10,12-13H,3-5,11,14H2,1-2H3,(H,23,24)(H2,20,21,22). The SMILES string of the molecule is CCCCNC(=NCc1cccc(NC(=O)c2ccco2)c1)NCC. The predicted octanol–water partition coefficient (Wildman–Crippen LogP) is 3.39. The Kier molecular flexibility index (Phi) is 7.56. The first-order valence-corrected chi connectivity index (χ1v) is 8.69. The van der Waals surface area contributed by atoms with Gasteiger partial charge in [-0.05, 0) is 43.2 Å². The third-order valence-electron chi connectivity index (χ3n) is 3.52. The van der Waals surface area contributed by atoms with Gasteiger partial charge in [-0.25, -0.2) is 4.99 Å². The van der Waals surface area contributed by atoms with Crippen LogP contribution in [0.4, 0.5) is 5.69 Å². The first kappa shape index (κ1) is 18.6. The van der Waals surface area contributed by atoms with Gasteiger partial charge in [0.1, 0.15) is 0 Å². The Labute approximate surface area is 148 Å². The molecule has 2 aromatic rings. The number of benzene rings is 1. The topological polar surface area (TPSA) is 78.7 Å². The summed E-state index contributed by atoms with van der Waals surface area (Å²) >= 11 is 0. The van der Waals surface area contributed by atoms with E-state index in [9.17, 15) is 4.79 Å². The zero-order chi connectivity index (χ0) is 17.9. The van der Waals surface area contributed by atoms with Crippen LogP contribution in [-0.2, 0) is 6.54 Å². The molecule has 0 radical (unpaired) electrons. The van der Waals surface area contributed by atoms with Crippen molar-refractivity contribution < 1.29 is 9.21 Å². The molecule has 0 aliphatic rings. The fourth-order valence-electron chi connectivity index (χ4n) is 2.24. The summed E-state index contributed by atoms with van der Waals surface area (Å²) in [4.78, 5) is 16.6. The molecule has 0 spiro atoms. The summed E-state index contributed by atoms with van der Waals surface area (Å²) in [5.41, 5.74) is 1.74. The van der Waals surface area contributed by atoms with Crippen LogP contribution in [0.1, 0.15) is 42.8 Å². The molecule has 1 heterocycles. The van der Waals surface area contributed by atoms with Gasteiger partial charge in [0.15, 0.2) is 11.7 Å². The quantitative estimate of drug-likeness (QED) is 0.390. The number of anilines is 1. The molecule has 0 aliphatic carbocycles. The number of hydrogen-bond donors (Lipinski definition) is 3. The number of nitrogens with zero attached hydrogens (tertiary/aromatic N) is 1. The van der Waals surface area contributed by atoms with Crippen molar-refractivity contribution in [3.8, 4) is 0 Å². The molecule has 0 aliphatic heterocycles. The third-order valence-corrected chi connectivity index (χ3v) is 3.52. The Balaban J connectivity index is 1.97. The van der Waals surface area contributed by atoms with Gasteiger partial charge in [-0.2, -0.15) is 0 Å². The summed E-state index contributed by atoms with van der Waals surface area (Å²) in [5.74, 6) is 0.833. The zero-order valence-corrected chi connectivity index (χ0v) is 14.8. The summed E-state index contributed by atoms with van der Waals surface area (Å²) in [6.07, 6.45) is 3.73. The molecule has 1 aromatic carbocycles. The Morgan fingerprint density at radius 2 is 2.04 bits per heavy atom. The van der Waals surface area contributed by atoms with Gasteiger partial charge in [-0.1, -0.05) is 25.5 Å². The summed E-state index contributed by atoms with van der Waals surface area (Å²) in [6, 6.07) is 11.0. The number of guanidine groups is 1. The van der Waals surface area contributed by atoms with Crippen molar-refractivity contribution in [2.45, 2.75) is 33.2 Å². The van der Waals surface area contributed by atoms with Crippen LogP contribution in [0.15, 0.2) is 52.1 Å². The Morgan fingerprint density at radius 1 is 1.16 bits per heavy atom. The smallest absolute Gasteiger partial charge is 0.291 e. The minimum absolute atomic E-state index is 0.264. The lowest BCUT2D eigenvalue weighted by Gasteiger charge is -2.11. The van der Waals surface area contributed by atoms with E-state index in [-0.39, 0.29) is 11.7 Å². The van der Waals surface area contributed by atoms with Crippen LogP contribution in [0.25, 0.3) is 0 Å². The van der Waals surface area contributed by atoms with Crippen molar-refractivity contribution in [2.75, 3.05) is 18.4 Å². The van der Waals surface area contributed by atoms with E-state index in [4.69, 9.17) is 4.42 Å². The number of carbonyl (C=O) groups is 1. The minimum atomic E-state index is -0.264. The maximum absolute atomic E-state index is 12.0. The number of furan rings is 1. The fraction of sp³-hybridized carbons (Fsp3) is 0.368. The monoisotopic (exact) mass is 342 g/mol. The number of rotatable bonds is 8. The molecule has 134 valence electrons. The normalized spacial score (nSPS) is 11.2. The van der Waals surface area contributed by atoms with E-state index >= 15 is 0 Å². The Hall–Kier alpha value is -2.76. The third kappa shape index (κ3) is 6.33. The maximum Gasteiger partial charge on any atom is 0.291 e. The van der Waals surface area contributed by atoms with Crippen molar-refractivity contribution in [3.63, 3.8) is 0 Å². The highest BCUT2D eigenvalue weighted by molar-refractivity contribution is 6.02. The molecular weight excluding hydrogens is 316 g/mol. The molecule has 0 saturated heterocycles. The highest BCUT2D eigenvalue weighted by Crippen LogP contribution is 2.13. The molecule has 6 nitrogen and oxygen atoms in total. The van der Waals surface area contributed by atoms with Crippen molar-refractivity contribution in [1.82, 2.24) is 10.6 Å². The fourth-order valence-corrected chi connectivity index (χ4v) is 2.24. The molecular formula is C19H26N4O2. The molecule has 2 rings (SSSR count). The average molecular weight is 342 g/mol. The highest BCUT2D eigenvalue weighted by Gasteiger charge is 2.08. The molecule has 0 fully saturated rings. The number of unbranched alkanes of at least 4 members (excludes halogenated alkanes) is 1. The molecule has 25 heavy (non-hydrogen) atoms. The summed E-state index contributed by atoms with van der Waals surface area (Å²) in [7, 11) is 0. The van der Waals surface area contributed by atoms with E-state index in [0.717, 1.165) is 43.1 Å². The van der Waals surface area contributed by atoms with Crippen molar-refractivity contribution in [2.24, 2.45) is 4.99 Å². The van der Waals surface area contributed by atoms with Gasteiger partial charge < -0.3 is 20.4 Å². The lowest BCUT2D eigenvalue weighted by Crippen LogP contribution is -2.37. The summed E-state index contributed by atoms with van der Waals surface area (Å²) in [6.45, 7) is 6.46. The van der Waals surface area contributed by atoms with Crippen LogP contribution in [-0.4, -0.2) is 25.0 Å². The first-order chi connectivity index (χ1) is 12.2. The zero-order valence-electron chi connectivity index (χ0n) is 14.8. The molecule has 0 bridgehead atoms. The molecule has 1 amide bonds. The lowest BCUT2D eigenvalue weighted by atomic mass is 10.2. The number of carbonyl (C=O) groups excluding carboxylic acids is 1. The number of amides is 1. The molecule has 0 atom stereocenters. The first-order valence-electron chi connectivity index (χ1n) is 8.69. The van der Waals surface area contributed by atoms with Crippen LogP contribution in [0, 0.1) is 0 Å². The molecule has 3 N–H and O–H groups in total. The lowest BCUT2D eigenvalue weighted by molar-refractivity contribution is 0.0996. The van der Waals surface area contributed by atoms with E-state index < -0.39 is 0 Å². The number of aliphatic imine (C=N–C) groups is 1. The second-order valence-electron chi connectivity index (χ2n) is 5.61. The minimum Gasteiger partial charge on any atom is -0.459 e. The van der Waals surface area contributed by atoms with Crippen LogP contribution in [0.2, 0.25) is 0 Å². The molecule has 1 aromatic heterocycles. The molecule has 0 unspecified atom stereocenters. The molecule has 6 heteroatoms. The largest absolute Gasteiger partial charge is 0.459 e. The van der Waals surface area contributed by atoms with Gasteiger partial charge in [0.05, 0.1) is 12.8 Å². The van der Waals surface area contributed by atoms with Gasteiger partial charge >= 0.3 is 0 Å². The van der Waals surface area contributed by atoms with E-state index in [0.29, 0.717) is 6.54 Å². The van der Waals surface area contributed by atoms with Crippen molar-refractivity contribution in [3.05, 3.63) is 54.0 Å². The van der Waals surface area contributed by atoms with Crippen LogP contribution >= 0.6 is 0 Å².